The lowest BCUT2D eigenvalue weighted by Gasteiger charge is -2.12. The molecule has 170 valence electrons. The predicted molar refractivity (Wildman–Crippen MR) is 135 cm³/mol. The number of aromatic nitrogens is 3. The second-order valence-electron chi connectivity index (χ2n) is 7.98. The third-order valence-corrected chi connectivity index (χ3v) is 5.02. The highest BCUT2D eigenvalue weighted by atomic mass is 15.1. The van der Waals surface area contributed by atoms with Crippen LogP contribution in [-0.2, 0) is 0 Å². The third kappa shape index (κ3) is 5.74. The Morgan fingerprint density at radius 1 is 1.09 bits per heavy atom. The Morgan fingerprint density at radius 3 is 2.55 bits per heavy atom. The third-order valence-electron chi connectivity index (χ3n) is 5.02. The minimum absolute atomic E-state index is 0.253. The van der Waals surface area contributed by atoms with Crippen molar-refractivity contribution >= 4 is 28.1 Å². The molecule has 0 aliphatic heterocycles. The van der Waals surface area contributed by atoms with Gasteiger partial charge in [-0.15, -0.1) is 0 Å². The lowest BCUT2D eigenvalue weighted by atomic mass is 9.98. The standard InChI is InChI=1S/C25H30N8/c1-15(2)17(10-26)9-23(27)33-24-6-5-21-22(32-24)8-18(13-31-21)20(14-29-4)25(28)19-7-16(3)11-30-12-19/h5-15,28-29H,26-27H2,1-4H3,(H,32,33)/b17-10+,20-14-,23-9+,28-25?. The van der Waals surface area contributed by atoms with Crippen LogP contribution in [0.15, 0.2) is 72.7 Å². The van der Waals surface area contributed by atoms with Crippen LogP contribution in [-0.4, -0.2) is 27.7 Å². The van der Waals surface area contributed by atoms with Crippen molar-refractivity contribution in [3.63, 3.8) is 0 Å². The minimum atomic E-state index is 0.253. The first-order chi connectivity index (χ1) is 15.8. The summed E-state index contributed by atoms with van der Waals surface area (Å²) in [5.74, 6) is 1.29. The molecule has 7 N–H and O–H groups in total. The summed E-state index contributed by atoms with van der Waals surface area (Å²) in [6, 6.07) is 7.54. The van der Waals surface area contributed by atoms with Crippen LogP contribution in [0.25, 0.3) is 16.6 Å². The van der Waals surface area contributed by atoms with Gasteiger partial charge in [-0.25, -0.2) is 4.98 Å². The lowest BCUT2D eigenvalue weighted by Crippen LogP contribution is -2.12. The molecule has 0 aliphatic carbocycles. The van der Waals surface area contributed by atoms with Gasteiger partial charge in [0.05, 0.1) is 16.7 Å². The largest absolute Gasteiger partial charge is 0.404 e. The van der Waals surface area contributed by atoms with Gasteiger partial charge in [-0.05, 0) is 60.5 Å². The maximum Gasteiger partial charge on any atom is 0.132 e. The summed E-state index contributed by atoms with van der Waals surface area (Å²) in [6.45, 7) is 6.05. The highest BCUT2D eigenvalue weighted by Crippen LogP contribution is 2.23. The molecule has 0 saturated carbocycles. The zero-order valence-corrected chi connectivity index (χ0v) is 19.3. The smallest absolute Gasteiger partial charge is 0.132 e. The quantitative estimate of drug-likeness (QED) is 0.265. The molecule has 0 amide bonds. The van der Waals surface area contributed by atoms with E-state index in [0.29, 0.717) is 28.4 Å². The zero-order chi connectivity index (χ0) is 24.0. The monoisotopic (exact) mass is 442 g/mol. The number of nitrogens with zero attached hydrogens (tertiary/aromatic N) is 3. The van der Waals surface area contributed by atoms with Crippen molar-refractivity contribution in [3.8, 4) is 0 Å². The fraction of sp³-hybridized carbons (Fsp3) is 0.200. The van der Waals surface area contributed by atoms with E-state index in [-0.39, 0.29) is 5.92 Å². The molecule has 0 unspecified atom stereocenters. The molecule has 3 aromatic heterocycles. The second-order valence-corrected chi connectivity index (χ2v) is 7.98. The van der Waals surface area contributed by atoms with Gasteiger partial charge >= 0.3 is 0 Å². The number of hydrogen-bond donors (Lipinski definition) is 5. The molecule has 3 rings (SSSR count). The van der Waals surface area contributed by atoms with Gasteiger partial charge in [-0.2, -0.15) is 0 Å². The maximum atomic E-state index is 8.74. The number of nitrogens with one attached hydrogen (secondary N) is 3. The van der Waals surface area contributed by atoms with Gasteiger partial charge in [0, 0.05) is 48.5 Å². The molecule has 8 heteroatoms. The SMILES string of the molecule is CN/C=C(\C(=N)c1cncc(C)c1)c1cnc2ccc(N/C(N)=C/C(=C\N)C(C)C)nc2c1. The molecular formula is C25H30N8. The average Bonchev–Trinajstić information content (AvgIpc) is 2.80. The fourth-order valence-electron chi connectivity index (χ4n) is 3.29. The summed E-state index contributed by atoms with van der Waals surface area (Å²) in [5.41, 5.74) is 17.7. The molecular weight excluding hydrogens is 412 g/mol. The van der Waals surface area contributed by atoms with Crippen molar-refractivity contribution in [2.45, 2.75) is 20.8 Å². The van der Waals surface area contributed by atoms with Crippen LogP contribution < -0.4 is 22.1 Å². The van der Waals surface area contributed by atoms with Gasteiger partial charge in [0.15, 0.2) is 0 Å². The van der Waals surface area contributed by atoms with Crippen LogP contribution in [0, 0.1) is 18.3 Å². The Morgan fingerprint density at radius 2 is 1.88 bits per heavy atom. The van der Waals surface area contributed by atoms with Crippen LogP contribution in [0.3, 0.4) is 0 Å². The van der Waals surface area contributed by atoms with Crippen molar-refractivity contribution in [1.82, 2.24) is 20.3 Å². The Bertz CT molecular complexity index is 1250. The Kier molecular flexibility index (Phi) is 7.40. The van der Waals surface area contributed by atoms with Crippen molar-refractivity contribution in [2.24, 2.45) is 17.4 Å². The Hall–Kier alpha value is -4.20. The van der Waals surface area contributed by atoms with Crippen LogP contribution in [0.4, 0.5) is 5.82 Å². The van der Waals surface area contributed by atoms with Gasteiger partial charge in [0.1, 0.15) is 11.6 Å². The summed E-state index contributed by atoms with van der Waals surface area (Å²) in [7, 11) is 1.80. The number of allylic oxidation sites excluding steroid dienone is 3. The van der Waals surface area contributed by atoms with E-state index in [1.54, 1.807) is 44.1 Å². The molecule has 33 heavy (non-hydrogen) atoms. The molecule has 0 radical (unpaired) electrons. The minimum Gasteiger partial charge on any atom is -0.404 e. The van der Waals surface area contributed by atoms with E-state index in [2.05, 4.69) is 25.6 Å². The van der Waals surface area contributed by atoms with E-state index < -0.39 is 0 Å². The number of aryl methyl sites for hydroxylation is 1. The van der Waals surface area contributed by atoms with E-state index in [1.165, 1.54) is 0 Å². The first-order valence-corrected chi connectivity index (χ1v) is 10.6. The second kappa shape index (κ2) is 10.4. The van der Waals surface area contributed by atoms with Crippen LogP contribution in [0.2, 0.25) is 0 Å². The number of nitrogens with two attached hydrogens (primary N) is 2. The predicted octanol–water partition coefficient (Wildman–Crippen LogP) is 3.67. The van der Waals surface area contributed by atoms with Crippen LogP contribution in [0.1, 0.15) is 30.5 Å². The summed E-state index contributed by atoms with van der Waals surface area (Å²) in [5, 5.41) is 14.9. The number of anilines is 1. The highest BCUT2D eigenvalue weighted by molar-refractivity contribution is 6.30. The Labute approximate surface area is 194 Å². The number of rotatable bonds is 8. The summed E-state index contributed by atoms with van der Waals surface area (Å²) >= 11 is 0. The van der Waals surface area contributed by atoms with E-state index in [1.807, 2.05) is 45.0 Å². The van der Waals surface area contributed by atoms with Gasteiger partial charge in [0.25, 0.3) is 0 Å². The van der Waals surface area contributed by atoms with Crippen molar-refractivity contribution in [3.05, 3.63) is 89.4 Å². The van der Waals surface area contributed by atoms with E-state index in [4.69, 9.17) is 16.9 Å². The molecule has 0 saturated heterocycles. The topological polar surface area (TPSA) is 139 Å². The molecule has 8 nitrogen and oxygen atoms in total. The first-order valence-electron chi connectivity index (χ1n) is 10.6. The molecule has 0 aliphatic rings. The van der Waals surface area contributed by atoms with E-state index in [0.717, 1.165) is 27.8 Å². The number of fused-ring (bicyclic) bond motifs is 1. The van der Waals surface area contributed by atoms with E-state index in [9.17, 15) is 0 Å². The number of pyridine rings is 3. The normalized spacial score (nSPS) is 12.8. The molecule has 0 fully saturated rings. The van der Waals surface area contributed by atoms with Gasteiger partial charge in [-0.3, -0.25) is 15.4 Å². The van der Waals surface area contributed by atoms with Crippen molar-refractivity contribution in [1.29, 1.82) is 5.41 Å². The van der Waals surface area contributed by atoms with E-state index >= 15 is 0 Å². The molecule has 0 atom stereocenters. The number of hydrogen-bond acceptors (Lipinski definition) is 8. The molecule has 0 bridgehead atoms. The summed E-state index contributed by atoms with van der Waals surface area (Å²) in [4.78, 5) is 13.4. The summed E-state index contributed by atoms with van der Waals surface area (Å²) in [6.07, 6.45) is 10.3. The van der Waals surface area contributed by atoms with Gasteiger partial charge in [-0.1, -0.05) is 13.8 Å². The Balaban J connectivity index is 1.95. The lowest BCUT2D eigenvalue weighted by molar-refractivity contribution is 0.786. The molecule has 3 heterocycles. The highest BCUT2D eigenvalue weighted by Gasteiger charge is 2.13. The van der Waals surface area contributed by atoms with Gasteiger partial charge < -0.3 is 22.1 Å². The zero-order valence-electron chi connectivity index (χ0n) is 19.3. The van der Waals surface area contributed by atoms with Gasteiger partial charge in [0.2, 0.25) is 0 Å². The molecule has 0 aromatic carbocycles. The average molecular weight is 443 g/mol. The summed E-state index contributed by atoms with van der Waals surface area (Å²) < 4.78 is 0. The molecule has 0 spiro atoms. The fourth-order valence-corrected chi connectivity index (χ4v) is 3.29. The van der Waals surface area contributed by atoms with Crippen LogP contribution in [0.5, 0.6) is 0 Å². The maximum absolute atomic E-state index is 8.74. The first kappa shape index (κ1) is 23.5. The molecule has 3 aromatic rings. The van der Waals surface area contributed by atoms with Crippen LogP contribution >= 0.6 is 0 Å². The van der Waals surface area contributed by atoms with Crippen molar-refractivity contribution in [2.75, 3.05) is 12.4 Å². The van der Waals surface area contributed by atoms with Crippen molar-refractivity contribution < 1.29 is 0 Å².